The van der Waals surface area contributed by atoms with Crippen molar-refractivity contribution in [3.05, 3.63) is 34.3 Å². The number of hydrogen-bond acceptors (Lipinski definition) is 6. The van der Waals surface area contributed by atoms with Gasteiger partial charge in [-0.25, -0.2) is 4.98 Å². The molecule has 1 atom stereocenters. The first-order valence-corrected chi connectivity index (χ1v) is 10.9. The first-order chi connectivity index (χ1) is 12.4. The number of hydrogen-bond donors (Lipinski definition) is 2. The van der Waals surface area contributed by atoms with Gasteiger partial charge in [0.2, 0.25) is 5.91 Å². The molecule has 2 aromatic rings. The summed E-state index contributed by atoms with van der Waals surface area (Å²) in [5.41, 5.74) is 4.38. The molecule has 1 fully saturated rings. The van der Waals surface area contributed by atoms with Crippen LogP contribution in [0.15, 0.2) is 18.2 Å². The summed E-state index contributed by atoms with van der Waals surface area (Å²) in [5, 5.41) is 6.89. The normalized spacial score (nSPS) is 15.6. The van der Waals surface area contributed by atoms with Crippen molar-refractivity contribution in [2.75, 3.05) is 40.1 Å². The van der Waals surface area contributed by atoms with Crippen LogP contribution in [-0.4, -0.2) is 41.5 Å². The molecule has 2 heterocycles. The summed E-state index contributed by atoms with van der Waals surface area (Å²) in [6.45, 7) is 10.1. The molecule has 0 spiro atoms. The topological polar surface area (TPSA) is 57.3 Å². The molecule has 0 saturated carbocycles. The van der Waals surface area contributed by atoms with Crippen molar-refractivity contribution in [1.82, 2.24) is 4.98 Å². The minimum absolute atomic E-state index is 0.0738. The number of rotatable bonds is 5. The molecule has 1 aromatic heterocycles. The second-order valence-corrected chi connectivity index (χ2v) is 9.04. The highest BCUT2D eigenvalue weighted by molar-refractivity contribution is 7.99. The number of carbonyl (C=O) groups is 1. The van der Waals surface area contributed by atoms with Crippen LogP contribution in [0.3, 0.4) is 0 Å². The van der Waals surface area contributed by atoms with Crippen LogP contribution in [-0.2, 0) is 4.79 Å². The molecular weight excluding hydrogens is 364 g/mol. The van der Waals surface area contributed by atoms with E-state index in [9.17, 15) is 4.79 Å². The van der Waals surface area contributed by atoms with Crippen molar-refractivity contribution in [3.8, 4) is 0 Å². The molecular formula is C19H26N4OS2. The Morgan fingerprint density at radius 2 is 1.96 bits per heavy atom. The second kappa shape index (κ2) is 8.31. The SMILES string of the molecule is Cc1cc(N2CCSCC2)ccc1NC(C)C(=O)Nc1nc(C)c(C)s1. The molecule has 1 amide bonds. The Morgan fingerprint density at radius 3 is 2.58 bits per heavy atom. The molecule has 26 heavy (non-hydrogen) atoms. The van der Waals surface area contributed by atoms with Crippen LogP contribution in [0.1, 0.15) is 23.1 Å². The number of amides is 1. The van der Waals surface area contributed by atoms with Gasteiger partial charge in [0.1, 0.15) is 6.04 Å². The van der Waals surface area contributed by atoms with Gasteiger partial charge in [0, 0.05) is 40.8 Å². The lowest BCUT2D eigenvalue weighted by Crippen LogP contribution is -2.33. The Morgan fingerprint density at radius 1 is 1.23 bits per heavy atom. The van der Waals surface area contributed by atoms with E-state index in [1.54, 1.807) is 0 Å². The largest absolute Gasteiger partial charge is 0.374 e. The van der Waals surface area contributed by atoms with Crippen molar-refractivity contribution >= 4 is 45.5 Å². The van der Waals surface area contributed by atoms with Crippen molar-refractivity contribution in [3.63, 3.8) is 0 Å². The molecule has 3 rings (SSSR count). The molecule has 1 saturated heterocycles. The van der Waals surface area contributed by atoms with Crippen molar-refractivity contribution in [1.29, 1.82) is 0 Å². The van der Waals surface area contributed by atoms with E-state index in [1.807, 2.05) is 32.5 Å². The molecule has 0 aliphatic carbocycles. The van der Waals surface area contributed by atoms with Crippen molar-refractivity contribution in [2.45, 2.75) is 33.7 Å². The summed E-state index contributed by atoms with van der Waals surface area (Å²) in [6, 6.07) is 6.09. The Balaban J connectivity index is 1.62. The second-order valence-electron chi connectivity index (χ2n) is 6.61. The first kappa shape index (κ1) is 19.0. The summed E-state index contributed by atoms with van der Waals surface area (Å²) in [4.78, 5) is 20.4. The predicted molar refractivity (Wildman–Crippen MR) is 114 cm³/mol. The van der Waals surface area contributed by atoms with Gasteiger partial charge < -0.3 is 15.5 Å². The number of thioether (sulfide) groups is 1. The van der Waals surface area contributed by atoms with E-state index in [0.29, 0.717) is 5.13 Å². The van der Waals surface area contributed by atoms with Gasteiger partial charge in [-0.05, 0) is 51.5 Å². The number of aryl methyl sites for hydroxylation is 3. The molecule has 1 unspecified atom stereocenters. The monoisotopic (exact) mass is 390 g/mol. The molecule has 1 aliphatic heterocycles. The minimum Gasteiger partial charge on any atom is -0.374 e. The van der Waals surface area contributed by atoms with Gasteiger partial charge in [0.25, 0.3) is 0 Å². The van der Waals surface area contributed by atoms with Gasteiger partial charge in [-0.2, -0.15) is 11.8 Å². The third-order valence-corrected chi connectivity index (χ3v) is 6.54. The zero-order chi connectivity index (χ0) is 18.7. The van der Waals surface area contributed by atoms with E-state index in [-0.39, 0.29) is 11.9 Å². The highest BCUT2D eigenvalue weighted by Crippen LogP contribution is 2.26. The third kappa shape index (κ3) is 4.51. The fourth-order valence-electron chi connectivity index (χ4n) is 2.87. The molecule has 0 bridgehead atoms. The lowest BCUT2D eigenvalue weighted by molar-refractivity contribution is -0.116. The molecule has 1 aromatic carbocycles. The van der Waals surface area contributed by atoms with Crippen LogP contribution in [0.4, 0.5) is 16.5 Å². The van der Waals surface area contributed by atoms with Gasteiger partial charge >= 0.3 is 0 Å². The quantitative estimate of drug-likeness (QED) is 0.806. The van der Waals surface area contributed by atoms with E-state index < -0.39 is 0 Å². The summed E-state index contributed by atoms with van der Waals surface area (Å²) in [6.07, 6.45) is 0. The average Bonchev–Trinajstić information content (AvgIpc) is 2.94. The summed E-state index contributed by atoms with van der Waals surface area (Å²) in [5.74, 6) is 2.30. The summed E-state index contributed by atoms with van der Waals surface area (Å²) >= 11 is 3.52. The fourth-order valence-corrected chi connectivity index (χ4v) is 4.59. The van der Waals surface area contributed by atoms with E-state index in [2.05, 4.69) is 45.6 Å². The van der Waals surface area contributed by atoms with Crippen LogP contribution in [0.5, 0.6) is 0 Å². The average molecular weight is 391 g/mol. The number of anilines is 3. The highest BCUT2D eigenvalue weighted by atomic mass is 32.2. The standard InChI is InChI=1S/C19H26N4OS2/c1-12-11-16(23-7-9-25-10-8-23)5-6-17(12)20-14(3)18(24)22-19-21-13(2)15(4)26-19/h5-6,11,14,20H,7-10H2,1-4H3,(H,21,22,24). The fraction of sp³-hybridized carbons (Fsp3) is 0.474. The maximum atomic E-state index is 12.4. The molecule has 7 heteroatoms. The highest BCUT2D eigenvalue weighted by Gasteiger charge is 2.17. The first-order valence-electron chi connectivity index (χ1n) is 8.89. The van der Waals surface area contributed by atoms with Crippen LogP contribution in [0.2, 0.25) is 0 Å². The van der Waals surface area contributed by atoms with Gasteiger partial charge in [0.05, 0.1) is 5.69 Å². The maximum absolute atomic E-state index is 12.4. The molecule has 2 N–H and O–H groups in total. The van der Waals surface area contributed by atoms with E-state index in [1.165, 1.54) is 28.5 Å². The van der Waals surface area contributed by atoms with Gasteiger partial charge in [0.15, 0.2) is 5.13 Å². The molecule has 0 radical (unpaired) electrons. The molecule has 5 nitrogen and oxygen atoms in total. The van der Waals surface area contributed by atoms with Gasteiger partial charge in [-0.15, -0.1) is 11.3 Å². The number of thiazole rings is 1. The molecule has 140 valence electrons. The van der Waals surface area contributed by atoms with Crippen molar-refractivity contribution in [2.24, 2.45) is 0 Å². The maximum Gasteiger partial charge on any atom is 0.248 e. The predicted octanol–water partition coefficient (Wildman–Crippen LogP) is 4.06. The number of nitrogens with zero attached hydrogens (tertiary/aromatic N) is 2. The summed E-state index contributed by atoms with van der Waals surface area (Å²) in [7, 11) is 0. The Kier molecular flexibility index (Phi) is 6.09. The zero-order valence-electron chi connectivity index (χ0n) is 15.8. The number of aromatic nitrogens is 1. The lowest BCUT2D eigenvalue weighted by atomic mass is 10.1. The van der Waals surface area contributed by atoms with Crippen LogP contribution in [0, 0.1) is 20.8 Å². The molecule has 1 aliphatic rings. The van der Waals surface area contributed by atoms with Crippen LogP contribution < -0.4 is 15.5 Å². The van der Waals surface area contributed by atoms with Crippen LogP contribution in [0.25, 0.3) is 0 Å². The number of nitrogens with one attached hydrogen (secondary N) is 2. The Labute approximate surface area is 163 Å². The Bertz CT molecular complexity index is 764. The van der Waals surface area contributed by atoms with E-state index in [4.69, 9.17) is 0 Å². The van der Waals surface area contributed by atoms with Crippen LogP contribution >= 0.6 is 23.1 Å². The minimum atomic E-state index is -0.338. The van der Waals surface area contributed by atoms with Gasteiger partial charge in [-0.3, -0.25) is 4.79 Å². The number of carbonyl (C=O) groups excluding carboxylic acids is 1. The van der Waals surface area contributed by atoms with E-state index in [0.717, 1.165) is 34.9 Å². The van der Waals surface area contributed by atoms with Gasteiger partial charge in [-0.1, -0.05) is 0 Å². The summed E-state index contributed by atoms with van der Waals surface area (Å²) < 4.78 is 0. The van der Waals surface area contributed by atoms with Crippen molar-refractivity contribution < 1.29 is 4.79 Å². The van der Waals surface area contributed by atoms with E-state index >= 15 is 0 Å². The zero-order valence-corrected chi connectivity index (χ0v) is 17.4. The third-order valence-electron chi connectivity index (χ3n) is 4.61. The smallest absolute Gasteiger partial charge is 0.248 e. The Hall–Kier alpha value is -1.73. The lowest BCUT2D eigenvalue weighted by Gasteiger charge is -2.29. The number of benzene rings is 1.